The number of carbonyl (C=O) groups is 2. The molecule has 0 aromatic heterocycles. The van der Waals surface area contributed by atoms with Crippen LogP contribution in [-0.2, 0) is 4.79 Å². The van der Waals surface area contributed by atoms with E-state index in [-0.39, 0.29) is 11.8 Å². The first-order valence-electron chi connectivity index (χ1n) is 6.18. The summed E-state index contributed by atoms with van der Waals surface area (Å²) in [4.78, 5) is 24.7. The van der Waals surface area contributed by atoms with Gasteiger partial charge >= 0.3 is 5.97 Å². The first-order chi connectivity index (χ1) is 8.90. The molecule has 1 atom stereocenters. The summed E-state index contributed by atoms with van der Waals surface area (Å²) in [5.41, 5.74) is 1.67. The number of nitrogens with zero attached hydrogens (tertiary/aromatic N) is 1. The summed E-state index contributed by atoms with van der Waals surface area (Å²) in [6.45, 7) is 4.69. The molecule has 1 aromatic carbocycles. The molecule has 1 N–H and O–H groups in total. The zero-order valence-electron chi connectivity index (χ0n) is 10.9. The summed E-state index contributed by atoms with van der Waals surface area (Å²) in [7, 11) is 0. The van der Waals surface area contributed by atoms with E-state index in [1.54, 1.807) is 17.9 Å². The molecule has 1 amide bonds. The van der Waals surface area contributed by atoms with Crippen molar-refractivity contribution in [1.82, 2.24) is 4.90 Å². The van der Waals surface area contributed by atoms with Crippen molar-refractivity contribution < 1.29 is 14.7 Å². The molecule has 0 bridgehead atoms. The fourth-order valence-electron chi connectivity index (χ4n) is 2.16. The van der Waals surface area contributed by atoms with Crippen molar-refractivity contribution >= 4 is 27.8 Å². The molecule has 1 heterocycles. The molecule has 4 nitrogen and oxygen atoms in total. The van der Waals surface area contributed by atoms with Crippen LogP contribution in [0.2, 0.25) is 0 Å². The minimum Gasteiger partial charge on any atom is -0.481 e. The average molecular weight is 326 g/mol. The summed E-state index contributed by atoms with van der Waals surface area (Å²) in [5.74, 6) is -1.14. The minimum absolute atomic E-state index is 0.0237. The Morgan fingerprint density at radius 2 is 2.05 bits per heavy atom. The van der Waals surface area contributed by atoms with E-state index in [1.165, 1.54) is 0 Å². The molecule has 1 aromatic rings. The average Bonchev–Trinajstić information content (AvgIpc) is 2.30. The van der Waals surface area contributed by atoms with E-state index in [1.807, 2.05) is 19.1 Å². The summed E-state index contributed by atoms with van der Waals surface area (Å²) in [6.07, 6.45) is 0. The summed E-state index contributed by atoms with van der Waals surface area (Å²) in [5, 5.41) is 8.92. The van der Waals surface area contributed by atoms with Gasteiger partial charge in [-0.15, -0.1) is 0 Å². The molecule has 19 heavy (non-hydrogen) atoms. The standard InChI is InChI=1S/C14H16BrNO3/c1-8-5-10(3-4-12(8)15)13(17)16-6-11(7-16)9(2)14(18)19/h3-5,9,11H,6-7H2,1-2H3,(H,18,19). The van der Waals surface area contributed by atoms with Gasteiger partial charge in [-0.25, -0.2) is 0 Å². The molecule has 102 valence electrons. The Morgan fingerprint density at radius 3 is 2.58 bits per heavy atom. The van der Waals surface area contributed by atoms with Gasteiger partial charge in [0.1, 0.15) is 0 Å². The van der Waals surface area contributed by atoms with Crippen LogP contribution in [-0.4, -0.2) is 35.0 Å². The smallest absolute Gasteiger partial charge is 0.306 e. The highest BCUT2D eigenvalue weighted by atomic mass is 79.9. The van der Waals surface area contributed by atoms with E-state index in [4.69, 9.17) is 5.11 Å². The predicted molar refractivity (Wildman–Crippen MR) is 75.1 cm³/mol. The molecule has 5 heteroatoms. The van der Waals surface area contributed by atoms with Gasteiger partial charge < -0.3 is 10.0 Å². The maximum absolute atomic E-state index is 12.2. The number of amides is 1. The molecular weight excluding hydrogens is 310 g/mol. The Bertz CT molecular complexity index is 523. The largest absolute Gasteiger partial charge is 0.481 e. The van der Waals surface area contributed by atoms with E-state index in [2.05, 4.69) is 15.9 Å². The lowest BCUT2D eigenvalue weighted by molar-refractivity contribution is -0.144. The molecule has 0 spiro atoms. The van der Waals surface area contributed by atoms with Crippen molar-refractivity contribution in [2.75, 3.05) is 13.1 Å². The number of carboxylic acids is 1. The third-order valence-electron chi connectivity index (χ3n) is 3.70. The van der Waals surface area contributed by atoms with Crippen LogP contribution in [0.5, 0.6) is 0 Å². The van der Waals surface area contributed by atoms with Crippen molar-refractivity contribution in [1.29, 1.82) is 0 Å². The number of aryl methyl sites for hydroxylation is 1. The fourth-order valence-corrected chi connectivity index (χ4v) is 2.40. The van der Waals surface area contributed by atoms with Crippen LogP contribution < -0.4 is 0 Å². The second kappa shape index (κ2) is 5.33. The highest BCUT2D eigenvalue weighted by Crippen LogP contribution is 2.26. The lowest BCUT2D eigenvalue weighted by Crippen LogP contribution is -2.53. The maximum Gasteiger partial charge on any atom is 0.306 e. The van der Waals surface area contributed by atoms with Gasteiger partial charge in [-0.2, -0.15) is 0 Å². The topological polar surface area (TPSA) is 57.6 Å². The molecule has 2 rings (SSSR count). The summed E-state index contributed by atoms with van der Waals surface area (Å²) in [6, 6.07) is 5.49. The number of aliphatic carboxylic acids is 1. The molecule has 0 saturated carbocycles. The van der Waals surface area contributed by atoms with Crippen molar-refractivity contribution in [2.24, 2.45) is 11.8 Å². The molecule has 1 aliphatic heterocycles. The second-order valence-electron chi connectivity index (χ2n) is 5.06. The number of hydrogen-bond donors (Lipinski definition) is 1. The monoisotopic (exact) mass is 325 g/mol. The van der Waals surface area contributed by atoms with Gasteiger partial charge in [-0.1, -0.05) is 22.9 Å². The molecule has 0 aliphatic carbocycles. The number of halogens is 1. The van der Waals surface area contributed by atoms with Gasteiger partial charge in [0.15, 0.2) is 0 Å². The number of carboxylic acid groups (broad SMARTS) is 1. The van der Waals surface area contributed by atoms with Gasteiger partial charge in [-0.3, -0.25) is 9.59 Å². The quantitative estimate of drug-likeness (QED) is 0.929. The Hall–Kier alpha value is -1.36. The SMILES string of the molecule is Cc1cc(C(=O)N2CC(C(C)C(=O)O)C2)ccc1Br. The first-order valence-corrected chi connectivity index (χ1v) is 6.97. The van der Waals surface area contributed by atoms with Gasteiger partial charge in [0, 0.05) is 29.0 Å². The fraction of sp³-hybridized carbons (Fsp3) is 0.429. The zero-order chi connectivity index (χ0) is 14.2. The highest BCUT2D eigenvalue weighted by molar-refractivity contribution is 9.10. The van der Waals surface area contributed by atoms with Gasteiger partial charge in [-0.05, 0) is 30.7 Å². The third-order valence-corrected chi connectivity index (χ3v) is 4.59. The van der Waals surface area contributed by atoms with Crippen LogP contribution >= 0.6 is 15.9 Å². The van der Waals surface area contributed by atoms with E-state index < -0.39 is 11.9 Å². The Balaban J connectivity index is 2.00. The molecule has 1 unspecified atom stereocenters. The number of likely N-dealkylation sites (tertiary alicyclic amines) is 1. The van der Waals surface area contributed by atoms with E-state index in [0.717, 1.165) is 10.0 Å². The van der Waals surface area contributed by atoms with Crippen LogP contribution in [0.4, 0.5) is 0 Å². The number of benzene rings is 1. The van der Waals surface area contributed by atoms with Crippen LogP contribution in [0.1, 0.15) is 22.8 Å². The van der Waals surface area contributed by atoms with Gasteiger partial charge in [0.2, 0.25) is 0 Å². The predicted octanol–water partition coefficient (Wildman–Crippen LogP) is 2.55. The van der Waals surface area contributed by atoms with Gasteiger partial charge in [0.05, 0.1) is 5.92 Å². The number of hydrogen-bond acceptors (Lipinski definition) is 2. The lowest BCUT2D eigenvalue weighted by atomic mass is 9.86. The first kappa shape index (κ1) is 14.1. The Kier molecular flexibility index (Phi) is 3.94. The van der Waals surface area contributed by atoms with E-state index >= 15 is 0 Å². The summed E-state index contributed by atoms with van der Waals surface area (Å²) < 4.78 is 0.977. The van der Waals surface area contributed by atoms with E-state index in [9.17, 15) is 9.59 Å². The second-order valence-corrected chi connectivity index (χ2v) is 5.92. The van der Waals surface area contributed by atoms with E-state index in [0.29, 0.717) is 18.7 Å². The van der Waals surface area contributed by atoms with Crippen LogP contribution in [0.25, 0.3) is 0 Å². The Morgan fingerprint density at radius 1 is 1.42 bits per heavy atom. The van der Waals surface area contributed by atoms with Crippen molar-refractivity contribution in [2.45, 2.75) is 13.8 Å². The molecule has 1 saturated heterocycles. The third kappa shape index (κ3) is 2.81. The molecular formula is C14H16BrNO3. The van der Waals surface area contributed by atoms with Crippen LogP contribution in [0.3, 0.4) is 0 Å². The van der Waals surface area contributed by atoms with Crippen LogP contribution in [0, 0.1) is 18.8 Å². The van der Waals surface area contributed by atoms with Crippen molar-refractivity contribution in [3.05, 3.63) is 33.8 Å². The minimum atomic E-state index is -0.795. The highest BCUT2D eigenvalue weighted by Gasteiger charge is 2.37. The van der Waals surface area contributed by atoms with Gasteiger partial charge in [0.25, 0.3) is 5.91 Å². The lowest BCUT2D eigenvalue weighted by Gasteiger charge is -2.41. The summed E-state index contributed by atoms with van der Waals surface area (Å²) >= 11 is 3.40. The van der Waals surface area contributed by atoms with Crippen molar-refractivity contribution in [3.8, 4) is 0 Å². The normalized spacial score (nSPS) is 16.9. The maximum atomic E-state index is 12.2. The van der Waals surface area contributed by atoms with Crippen LogP contribution in [0.15, 0.2) is 22.7 Å². The number of rotatable bonds is 3. The molecule has 1 fully saturated rings. The molecule has 1 aliphatic rings. The van der Waals surface area contributed by atoms with Crippen molar-refractivity contribution in [3.63, 3.8) is 0 Å². The zero-order valence-corrected chi connectivity index (χ0v) is 12.5. The number of carbonyl (C=O) groups excluding carboxylic acids is 1. The molecule has 0 radical (unpaired) electrons. The Labute approximate surface area is 120 Å².